The fraction of sp³-hybridized carbons (Fsp3) is 0.862. The maximum atomic E-state index is 13.3. The molecule has 2 saturated heterocycles. The van der Waals surface area contributed by atoms with Crippen molar-refractivity contribution in [3.63, 3.8) is 0 Å². The maximum Gasteiger partial charge on any atom is 0.475 e. The molecule has 0 aromatic rings. The highest BCUT2D eigenvalue weighted by Gasteiger charge is 2.69. The lowest BCUT2D eigenvalue weighted by Crippen LogP contribution is -2.68. The third-order valence-corrected chi connectivity index (χ3v) is 8.45. The van der Waals surface area contributed by atoms with E-state index in [1.807, 2.05) is 0 Å². The number of amidine groups is 1. The first kappa shape index (κ1) is 35.4. The first-order valence-corrected chi connectivity index (χ1v) is 15.8. The Balaban J connectivity index is 1.50. The first-order chi connectivity index (χ1) is 20.7. The van der Waals surface area contributed by atoms with Gasteiger partial charge < -0.3 is 45.5 Å². The number of urea groups is 1. The largest absolute Gasteiger partial charge is 0.475 e. The lowest BCUT2D eigenvalue weighted by molar-refractivity contribution is -0.951. The predicted octanol–water partition coefficient (Wildman–Crippen LogP) is 1.19. The minimum atomic E-state index is -1.74. The molecular formula is C29H51N4O10+. The molecule has 0 radical (unpaired) electrons. The smallest absolute Gasteiger partial charge is 0.456 e. The monoisotopic (exact) mass is 615 g/mol. The third-order valence-electron chi connectivity index (χ3n) is 8.45. The minimum absolute atomic E-state index is 0.108. The molecule has 0 saturated carbocycles. The number of unbranched alkanes of at least 4 members (excludes halogenated alkanes) is 12. The van der Waals surface area contributed by atoms with Gasteiger partial charge in [-0.25, -0.2) is 4.79 Å². The number of aliphatic hydroxyl groups excluding tert-OH is 5. The zero-order chi connectivity index (χ0) is 31.4. The molecule has 246 valence electrons. The second-order valence-corrected chi connectivity index (χ2v) is 11.7. The van der Waals surface area contributed by atoms with Crippen molar-refractivity contribution in [1.29, 1.82) is 0 Å². The summed E-state index contributed by atoms with van der Waals surface area (Å²) in [5, 5.41) is 55.9. The number of rotatable bonds is 19. The van der Waals surface area contributed by atoms with Gasteiger partial charge in [-0.15, -0.1) is 4.99 Å². The molecule has 0 aromatic carbocycles. The molecule has 3 aliphatic heterocycles. The fourth-order valence-corrected chi connectivity index (χ4v) is 5.96. The number of amides is 2. The van der Waals surface area contributed by atoms with E-state index in [2.05, 4.69) is 17.0 Å². The second kappa shape index (κ2) is 17.4. The van der Waals surface area contributed by atoms with Crippen LogP contribution in [0.25, 0.3) is 0 Å². The Morgan fingerprint density at radius 3 is 1.86 bits per heavy atom. The van der Waals surface area contributed by atoms with Gasteiger partial charge in [0.1, 0.15) is 24.5 Å². The van der Waals surface area contributed by atoms with E-state index in [4.69, 9.17) is 19.9 Å². The lowest BCUT2D eigenvalue weighted by atomic mass is 10.0. The van der Waals surface area contributed by atoms with Crippen LogP contribution in [0.2, 0.25) is 0 Å². The molecule has 9 atom stereocenters. The Hall–Kier alpha value is -2.04. The molecule has 2 amide bonds. The van der Waals surface area contributed by atoms with E-state index < -0.39 is 78.9 Å². The normalized spacial score (nSPS) is 34.1. The molecule has 0 spiro atoms. The van der Waals surface area contributed by atoms with Gasteiger partial charge in [0.05, 0.1) is 13.2 Å². The number of ether oxygens (including phenoxy) is 3. The predicted molar refractivity (Wildman–Crippen MR) is 155 cm³/mol. The number of aliphatic hydroxyl groups is 5. The Morgan fingerprint density at radius 1 is 0.837 bits per heavy atom. The van der Waals surface area contributed by atoms with Crippen molar-refractivity contribution in [2.75, 3.05) is 13.2 Å². The van der Waals surface area contributed by atoms with Crippen LogP contribution in [0.3, 0.4) is 0 Å². The van der Waals surface area contributed by atoms with Gasteiger partial charge >= 0.3 is 12.0 Å². The zero-order valence-electron chi connectivity index (χ0n) is 25.2. The molecule has 14 heteroatoms. The van der Waals surface area contributed by atoms with Crippen molar-refractivity contribution in [3.8, 4) is 0 Å². The van der Waals surface area contributed by atoms with Crippen molar-refractivity contribution in [3.05, 3.63) is 0 Å². The molecular weight excluding hydrogens is 564 g/mol. The van der Waals surface area contributed by atoms with Crippen LogP contribution in [-0.2, 0) is 19.0 Å². The molecule has 2 fully saturated rings. The van der Waals surface area contributed by atoms with Gasteiger partial charge in [-0.05, 0) is 6.42 Å². The van der Waals surface area contributed by atoms with Crippen LogP contribution in [0.15, 0.2) is 10.1 Å². The molecule has 3 rings (SSSR count). The summed E-state index contributed by atoms with van der Waals surface area (Å²) >= 11 is 0. The van der Waals surface area contributed by atoms with Gasteiger partial charge in [0, 0.05) is 6.42 Å². The Morgan fingerprint density at radius 2 is 1.35 bits per heavy atom. The summed E-state index contributed by atoms with van der Waals surface area (Å²) < 4.78 is 15.5. The average molecular weight is 616 g/mol. The lowest BCUT2D eigenvalue weighted by Gasteiger charge is -2.39. The standard InChI is InChI=1S/C29H50N4O10/c1-2-3-4-5-6-7-8-9-10-11-12-13-14-15-22(36)43-26-20(18-35)42-28(25(26)39)33(29(40)32-21(30)16-31-33)27-24(38)23(37)19(17-34)41-27/h16,19-20,23-28,34-35,37-39H,2-15,17-18H2,1H3,(H-,30,32,40)/p+1/t19-,20-,23-,24-,25+,26-,27-,28-,33?/m1/s1. The molecule has 0 aliphatic carbocycles. The van der Waals surface area contributed by atoms with Crippen LogP contribution in [0.1, 0.15) is 96.8 Å². The number of aliphatic imine (C=N–C) groups is 1. The van der Waals surface area contributed by atoms with Gasteiger partial charge in [-0.2, -0.15) is 0 Å². The molecule has 14 nitrogen and oxygen atoms in total. The average Bonchev–Trinajstić information content (AvgIpc) is 3.46. The highest BCUT2D eigenvalue weighted by Crippen LogP contribution is 2.40. The van der Waals surface area contributed by atoms with Crippen LogP contribution in [0.5, 0.6) is 0 Å². The van der Waals surface area contributed by atoms with Crippen molar-refractivity contribution < 1.29 is 53.9 Å². The number of nitrogens with two attached hydrogens (primary N) is 1. The molecule has 1 unspecified atom stereocenters. The quantitative estimate of drug-likeness (QED) is 0.0689. The van der Waals surface area contributed by atoms with E-state index >= 15 is 0 Å². The van der Waals surface area contributed by atoms with Gasteiger partial charge in [0.2, 0.25) is 0 Å². The Labute approximate surface area is 253 Å². The summed E-state index contributed by atoms with van der Waals surface area (Å²) in [5.41, 5.74) is 5.63. The number of quaternary nitrogens is 1. The number of carbonyl (C=O) groups is 2. The third kappa shape index (κ3) is 8.78. The summed E-state index contributed by atoms with van der Waals surface area (Å²) in [6, 6.07) is -1.09. The molecule has 3 heterocycles. The maximum absolute atomic E-state index is 13.3. The second-order valence-electron chi connectivity index (χ2n) is 11.7. The van der Waals surface area contributed by atoms with E-state index in [9.17, 15) is 35.1 Å². The molecule has 7 N–H and O–H groups in total. The van der Waals surface area contributed by atoms with E-state index in [0.717, 1.165) is 25.5 Å². The van der Waals surface area contributed by atoms with Gasteiger partial charge in [-0.3, -0.25) is 4.79 Å². The highest BCUT2D eigenvalue weighted by molar-refractivity contribution is 6.31. The van der Waals surface area contributed by atoms with Crippen LogP contribution < -0.4 is 5.73 Å². The summed E-state index contributed by atoms with van der Waals surface area (Å²) in [6.45, 7) is 0.885. The number of hydrogen-bond donors (Lipinski definition) is 6. The van der Waals surface area contributed by atoms with Crippen LogP contribution in [0, 0.1) is 0 Å². The number of hydrogen-bond acceptors (Lipinski definition) is 12. The number of nitrogens with zero attached hydrogens (tertiary/aromatic N) is 3. The molecule has 43 heavy (non-hydrogen) atoms. The molecule has 3 aliphatic rings. The van der Waals surface area contributed by atoms with Crippen molar-refractivity contribution in [1.82, 2.24) is 0 Å². The van der Waals surface area contributed by atoms with E-state index in [-0.39, 0.29) is 12.3 Å². The Kier molecular flexibility index (Phi) is 14.4. The number of esters is 1. The number of carbonyl (C=O) groups excluding carboxylic acids is 2. The highest BCUT2D eigenvalue weighted by atomic mass is 16.6. The van der Waals surface area contributed by atoms with Gasteiger partial charge in [0.25, 0.3) is 12.5 Å². The van der Waals surface area contributed by atoms with Gasteiger partial charge in [0.15, 0.2) is 24.1 Å². The van der Waals surface area contributed by atoms with E-state index in [1.54, 1.807) is 0 Å². The van der Waals surface area contributed by atoms with Crippen molar-refractivity contribution in [2.45, 2.75) is 146 Å². The summed E-state index contributed by atoms with van der Waals surface area (Å²) in [7, 11) is 0. The molecule has 0 bridgehead atoms. The fourth-order valence-electron chi connectivity index (χ4n) is 5.96. The van der Waals surface area contributed by atoms with E-state index in [1.165, 1.54) is 57.8 Å². The van der Waals surface area contributed by atoms with Crippen molar-refractivity contribution in [2.24, 2.45) is 15.8 Å². The topological polar surface area (TPSA) is 214 Å². The zero-order valence-corrected chi connectivity index (χ0v) is 25.2. The Bertz CT molecular complexity index is 952. The van der Waals surface area contributed by atoms with Crippen LogP contribution in [0.4, 0.5) is 4.79 Å². The summed E-state index contributed by atoms with van der Waals surface area (Å²) in [6.07, 6.45) is 4.04. The SMILES string of the molecule is CCCCCCCCCCCCCCCC(=O)O[C@H]1[C@H](O)[C@H]([N+]2([C@@H]3O[C@H](CO)[C@@H](O)[C@H]3O)N=CC(N)=NC2=O)O[C@@H]1CO. The minimum Gasteiger partial charge on any atom is -0.456 e. The molecule has 0 aromatic heterocycles. The van der Waals surface area contributed by atoms with Crippen LogP contribution >= 0.6 is 0 Å². The van der Waals surface area contributed by atoms with Crippen LogP contribution in [-0.4, -0.2) is 116 Å². The van der Waals surface area contributed by atoms with Crippen molar-refractivity contribution >= 4 is 24.1 Å². The summed E-state index contributed by atoms with van der Waals surface area (Å²) in [5.74, 6) is -0.845. The van der Waals surface area contributed by atoms with Gasteiger partial charge in [-0.1, -0.05) is 93.7 Å². The van der Waals surface area contributed by atoms with E-state index in [0.29, 0.717) is 6.42 Å². The summed E-state index contributed by atoms with van der Waals surface area (Å²) in [4.78, 5) is 29.6. The first-order valence-electron chi connectivity index (χ1n) is 15.8.